The predicted octanol–water partition coefficient (Wildman–Crippen LogP) is 2.37. The monoisotopic (exact) mass is 423 g/mol. The molecule has 0 spiro atoms. The van der Waals surface area contributed by atoms with Crippen LogP contribution in [0.15, 0.2) is 23.5 Å². The number of carbonyl (C=O) groups excluding carboxylic acids is 2. The predicted molar refractivity (Wildman–Crippen MR) is 120 cm³/mol. The lowest BCUT2D eigenvalue weighted by Gasteiger charge is -2.28. The number of aliphatic hydroxyl groups excluding tert-OH is 1. The first-order valence-corrected chi connectivity index (χ1v) is 11.3. The molecular weight excluding hydrogens is 382 g/mol. The lowest BCUT2D eigenvalue weighted by atomic mass is 9.95. The number of rotatable bonds is 16. The summed E-state index contributed by atoms with van der Waals surface area (Å²) in [5.41, 5.74) is 1.30. The van der Waals surface area contributed by atoms with Crippen molar-refractivity contribution in [3.63, 3.8) is 0 Å². The Kier molecular flexibility index (Phi) is 13.9. The summed E-state index contributed by atoms with van der Waals surface area (Å²) in [4.78, 5) is 24.8. The Hall–Kier alpha value is -1.86. The van der Waals surface area contributed by atoms with E-state index in [4.69, 9.17) is 9.84 Å². The first-order valence-electron chi connectivity index (χ1n) is 11.3. The molecule has 0 aromatic heterocycles. The van der Waals surface area contributed by atoms with E-state index in [2.05, 4.69) is 36.6 Å². The molecule has 7 heteroatoms. The summed E-state index contributed by atoms with van der Waals surface area (Å²) in [5, 5.41) is 15.2. The minimum atomic E-state index is -0.280. The van der Waals surface area contributed by atoms with Gasteiger partial charge in [0.25, 0.3) is 0 Å². The largest absolute Gasteiger partial charge is 0.492 e. The fraction of sp³-hybridized carbons (Fsp3) is 0.739. The molecule has 2 atom stereocenters. The molecular formula is C23H41N3O4. The third kappa shape index (κ3) is 9.76. The summed E-state index contributed by atoms with van der Waals surface area (Å²) in [5.74, 6) is 1.16. The molecule has 2 unspecified atom stereocenters. The smallest absolute Gasteiger partial charge is 0.239 e. The molecule has 0 saturated carbocycles. The van der Waals surface area contributed by atoms with E-state index in [0.717, 1.165) is 57.1 Å². The molecule has 0 bridgehead atoms. The van der Waals surface area contributed by atoms with E-state index in [1.807, 2.05) is 0 Å². The second kappa shape index (κ2) is 15.9. The normalized spacial score (nSPS) is 16.0. The molecule has 0 aliphatic heterocycles. The van der Waals surface area contributed by atoms with Crippen LogP contribution in [0.25, 0.3) is 0 Å². The molecule has 30 heavy (non-hydrogen) atoms. The van der Waals surface area contributed by atoms with E-state index >= 15 is 0 Å². The first-order chi connectivity index (χ1) is 14.5. The van der Waals surface area contributed by atoms with Crippen LogP contribution in [0.4, 0.5) is 0 Å². The number of likely N-dealkylation sites (N-methyl/N-ethyl adjacent to an activating group) is 1. The Morgan fingerprint density at radius 1 is 1.40 bits per heavy atom. The molecule has 0 radical (unpaired) electrons. The second-order valence-corrected chi connectivity index (χ2v) is 7.97. The first kappa shape index (κ1) is 26.2. The highest BCUT2D eigenvalue weighted by atomic mass is 16.5. The maximum Gasteiger partial charge on any atom is 0.239 e. The van der Waals surface area contributed by atoms with Crippen LogP contribution in [0.1, 0.15) is 58.8 Å². The highest BCUT2D eigenvalue weighted by molar-refractivity contribution is 5.82. The SMILES string of the molecule is CCCC(C)C(NCCOC1=C(CCCNC=O)CCCC=C1)C(=O)N(C)CCO. The lowest BCUT2D eigenvalue weighted by Crippen LogP contribution is -2.50. The van der Waals surface area contributed by atoms with Gasteiger partial charge in [0.05, 0.1) is 12.6 Å². The molecule has 0 heterocycles. The van der Waals surface area contributed by atoms with Crippen molar-refractivity contribution >= 4 is 12.3 Å². The number of hydrogen-bond acceptors (Lipinski definition) is 5. The zero-order chi connectivity index (χ0) is 22.2. The van der Waals surface area contributed by atoms with Gasteiger partial charge in [0.15, 0.2) is 0 Å². The van der Waals surface area contributed by atoms with Crippen LogP contribution in [0.3, 0.4) is 0 Å². The van der Waals surface area contributed by atoms with Gasteiger partial charge in [0.1, 0.15) is 12.4 Å². The van der Waals surface area contributed by atoms with Crippen molar-refractivity contribution in [3.05, 3.63) is 23.5 Å². The molecule has 2 amide bonds. The molecule has 0 saturated heterocycles. The maximum absolute atomic E-state index is 12.8. The van der Waals surface area contributed by atoms with Crippen LogP contribution < -0.4 is 10.6 Å². The molecule has 172 valence electrons. The van der Waals surface area contributed by atoms with Crippen molar-refractivity contribution in [1.29, 1.82) is 0 Å². The zero-order valence-electron chi connectivity index (χ0n) is 19.0. The molecule has 1 rings (SSSR count). The van der Waals surface area contributed by atoms with Gasteiger partial charge < -0.3 is 25.4 Å². The highest BCUT2D eigenvalue weighted by Gasteiger charge is 2.26. The van der Waals surface area contributed by atoms with Crippen molar-refractivity contribution in [2.75, 3.05) is 39.9 Å². The Morgan fingerprint density at radius 3 is 2.90 bits per heavy atom. The van der Waals surface area contributed by atoms with E-state index in [9.17, 15) is 9.59 Å². The van der Waals surface area contributed by atoms with Gasteiger partial charge in [-0.25, -0.2) is 0 Å². The van der Waals surface area contributed by atoms with Crippen molar-refractivity contribution in [1.82, 2.24) is 15.5 Å². The average Bonchev–Trinajstić information content (AvgIpc) is 2.96. The van der Waals surface area contributed by atoms with Gasteiger partial charge in [-0.05, 0) is 56.1 Å². The van der Waals surface area contributed by atoms with Crippen LogP contribution >= 0.6 is 0 Å². The molecule has 0 aromatic carbocycles. The lowest BCUT2D eigenvalue weighted by molar-refractivity contribution is -0.134. The summed E-state index contributed by atoms with van der Waals surface area (Å²) in [6.07, 6.45) is 11.9. The number of carbonyl (C=O) groups is 2. The topological polar surface area (TPSA) is 90.9 Å². The Morgan fingerprint density at radius 2 is 2.20 bits per heavy atom. The van der Waals surface area contributed by atoms with Gasteiger partial charge in [-0.2, -0.15) is 0 Å². The van der Waals surface area contributed by atoms with Gasteiger partial charge in [-0.15, -0.1) is 0 Å². The fourth-order valence-electron chi connectivity index (χ4n) is 3.75. The molecule has 1 aliphatic rings. The summed E-state index contributed by atoms with van der Waals surface area (Å²) in [6, 6.07) is -0.280. The van der Waals surface area contributed by atoms with Crippen molar-refractivity contribution in [2.45, 2.75) is 64.8 Å². The van der Waals surface area contributed by atoms with E-state index in [1.165, 1.54) is 5.57 Å². The van der Waals surface area contributed by atoms with Gasteiger partial charge in [-0.3, -0.25) is 9.59 Å². The van der Waals surface area contributed by atoms with E-state index in [1.54, 1.807) is 11.9 Å². The zero-order valence-corrected chi connectivity index (χ0v) is 19.0. The van der Waals surface area contributed by atoms with E-state index in [-0.39, 0.29) is 24.5 Å². The third-order valence-corrected chi connectivity index (χ3v) is 5.46. The second-order valence-electron chi connectivity index (χ2n) is 7.97. The molecule has 3 N–H and O–H groups in total. The van der Waals surface area contributed by atoms with Crippen LogP contribution in [0.2, 0.25) is 0 Å². The minimum Gasteiger partial charge on any atom is -0.492 e. The van der Waals surface area contributed by atoms with Crippen LogP contribution in [0.5, 0.6) is 0 Å². The van der Waals surface area contributed by atoms with E-state index in [0.29, 0.717) is 26.2 Å². The standard InChI is InChI=1S/C23H41N3O4/c1-4-9-19(2)22(23(29)26(3)15-16-27)25-14-17-30-21-12-7-5-6-10-20(21)11-8-13-24-18-28/h7,12,18-19,22,25,27H,4-6,8-11,13-17H2,1-3H3,(H,24,28). The van der Waals surface area contributed by atoms with Crippen molar-refractivity contribution in [2.24, 2.45) is 5.92 Å². The number of nitrogens with one attached hydrogen (secondary N) is 2. The van der Waals surface area contributed by atoms with Gasteiger partial charge in [0, 0.05) is 26.7 Å². The Balaban J connectivity index is 2.63. The number of aliphatic hydroxyl groups is 1. The van der Waals surface area contributed by atoms with Crippen LogP contribution in [-0.2, 0) is 14.3 Å². The van der Waals surface area contributed by atoms with Crippen LogP contribution in [0, 0.1) is 5.92 Å². The Labute approximate surface area is 181 Å². The number of allylic oxidation sites excluding steroid dienone is 3. The summed E-state index contributed by atoms with van der Waals surface area (Å²) in [7, 11) is 1.73. The van der Waals surface area contributed by atoms with Gasteiger partial charge >= 0.3 is 0 Å². The quantitative estimate of drug-likeness (QED) is 0.262. The summed E-state index contributed by atoms with van der Waals surface area (Å²) >= 11 is 0. The highest BCUT2D eigenvalue weighted by Crippen LogP contribution is 2.23. The molecule has 7 nitrogen and oxygen atoms in total. The molecule has 1 aliphatic carbocycles. The van der Waals surface area contributed by atoms with Crippen LogP contribution in [-0.4, -0.2) is 68.3 Å². The third-order valence-electron chi connectivity index (χ3n) is 5.46. The molecule has 0 fully saturated rings. The summed E-state index contributed by atoms with van der Waals surface area (Å²) in [6.45, 7) is 6.26. The van der Waals surface area contributed by atoms with E-state index < -0.39 is 0 Å². The number of hydrogen-bond donors (Lipinski definition) is 3. The maximum atomic E-state index is 12.8. The van der Waals surface area contributed by atoms with Gasteiger partial charge in [0.2, 0.25) is 12.3 Å². The fourth-order valence-corrected chi connectivity index (χ4v) is 3.75. The summed E-state index contributed by atoms with van der Waals surface area (Å²) < 4.78 is 6.09. The number of nitrogens with zero attached hydrogens (tertiary/aromatic N) is 1. The molecule has 0 aromatic rings. The van der Waals surface area contributed by atoms with Crippen molar-refractivity contribution in [3.8, 4) is 0 Å². The van der Waals surface area contributed by atoms with Gasteiger partial charge in [-0.1, -0.05) is 26.3 Å². The minimum absolute atomic E-state index is 0.0157. The number of amides is 2. The van der Waals surface area contributed by atoms with Crippen molar-refractivity contribution < 1.29 is 19.4 Å². The number of ether oxygens (including phenoxy) is 1. The Bertz CT molecular complexity index is 563. The average molecular weight is 424 g/mol.